The summed E-state index contributed by atoms with van der Waals surface area (Å²) in [5.41, 5.74) is 1.18. The third kappa shape index (κ3) is 0.914. The van der Waals surface area contributed by atoms with Crippen molar-refractivity contribution >= 4 is 22.6 Å². The van der Waals surface area contributed by atoms with Crippen LogP contribution in [-0.4, -0.2) is 20.1 Å². The van der Waals surface area contributed by atoms with Gasteiger partial charge in [0.25, 0.3) is 6.01 Å². The number of aromatic hydroxyl groups is 1. The first-order valence-electron chi connectivity index (χ1n) is 2.96. The number of pyridine rings is 1. The fourth-order valence-electron chi connectivity index (χ4n) is 0.889. The molecule has 0 aliphatic rings. The van der Waals surface area contributed by atoms with Crippen LogP contribution in [0.15, 0.2) is 12.3 Å². The second kappa shape index (κ2) is 2.10. The van der Waals surface area contributed by atoms with Crippen LogP contribution in [0, 0.1) is 0 Å². The SMILES string of the molecule is Oc1nc2ccnc(Cl)c2[nH]1. The van der Waals surface area contributed by atoms with E-state index >= 15 is 0 Å². The fraction of sp³-hybridized carbons (Fsp3) is 0. The van der Waals surface area contributed by atoms with Crippen LogP contribution in [0.1, 0.15) is 0 Å². The zero-order chi connectivity index (χ0) is 7.84. The summed E-state index contributed by atoms with van der Waals surface area (Å²) in [7, 11) is 0. The average Bonchev–Trinajstić information content (AvgIpc) is 2.31. The van der Waals surface area contributed by atoms with Crippen LogP contribution in [0.2, 0.25) is 5.15 Å². The highest BCUT2D eigenvalue weighted by molar-refractivity contribution is 6.33. The van der Waals surface area contributed by atoms with Crippen LogP contribution in [0.5, 0.6) is 6.01 Å². The van der Waals surface area contributed by atoms with E-state index in [4.69, 9.17) is 16.7 Å². The highest BCUT2D eigenvalue weighted by Crippen LogP contribution is 2.19. The Hall–Kier alpha value is -1.29. The molecule has 56 valence electrons. The molecular weight excluding hydrogens is 166 g/mol. The summed E-state index contributed by atoms with van der Waals surface area (Å²) >= 11 is 5.68. The zero-order valence-electron chi connectivity index (χ0n) is 5.37. The van der Waals surface area contributed by atoms with Crippen LogP contribution >= 0.6 is 11.6 Å². The Labute approximate surface area is 66.9 Å². The molecule has 0 atom stereocenters. The molecule has 0 amide bonds. The second-order valence-electron chi connectivity index (χ2n) is 2.06. The Kier molecular flexibility index (Phi) is 1.22. The molecule has 0 unspecified atom stereocenters. The molecule has 0 aromatic carbocycles. The van der Waals surface area contributed by atoms with Crippen molar-refractivity contribution in [1.82, 2.24) is 15.0 Å². The topological polar surface area (TPSA) is 61.8 Å². The molecule has 2 rings (SSSR count). The Morgan fingerprint density at radius 2 is 2.36 bits per heavy atom. The third-order valence-electron chi connectivity index (χ3n) is 1.35. The quantitative estimate of drug-likeness (QED) is 0.585. The first kappa shape index (κ1) is 6.42. The van der Waals surface area contributed by atoms with Crippen molar-refractivity contribution in [1.29, 1.82) is 0 Å². The van der Waals surface area contributed by atoms with Gasteiger partial charge in [-0.15, -0.1) is 0 Å². The molecule has 2 heterocycles. The van der Waals surface area contributed by atoms with E-state index in [1.165, 1.54) is 6.20 Å². The largest absolute Gasteiger partial charge is 0.480 e. The van der Waals surface area contributed by atoms with Crippen LogP contribution in [0.4, 0.5) is 0 Å². The predicted molar refractivity (Wildman–Crippen MR) is 40.6 cm³/mol. The van der Waals surface area contributed by atoms with Gasteiger partial charge in [0.05, 0.1) is 5.52 Å². The number of rotatable bonds is 0. The maximum absolute atomic E-state index is 8.93. The normalized spacial score (nSPS) is 10.6. The Bertz CT molecular complexity index is 398. The van der Waals surface area contributed by atoms with Gasteiger partial charge in [0.15, 0.2) is 5.15 Å². The number of hydrogen-bond acceptors (Lipinski definition) is 3. The molecule has 0 aliphatic heterocycles. The lowest BCUT2D eigenvalue weighted by atomic mass is 10.4. The summed E-state index contributed by atoms with van der Waals surface area (Å²) in [6.45, 7) is 0. The molecule has 0 aliphatic carbocycles. The number of aromatic nitrogens is 3. The van der Waals surface area contributed by atoms with Gasteiger partial charge in [-0.2, -0.15) is 4.98 Å². The average molecular weight is 170 g/mol. The Morgan fingerprint density at radius 1 is 1.55 bits per heavy atom. The number of H-pyrrole nitrogens is 1. The van der Waals surface area contributed by atoms with E-state index in [1.807, 2.05) is 0 Å². The van der Waals surface area contributed by atoms with Gasteiger partial charge >= 0.3 is 0 Å². The molecule has 4 nitrogen and oxygen atoms in total. The Morgan fingerprint density at radius 3 is 3.09 bits per heavy atom. The Balaban J connectivity index is 2.90. The highest BCUT2D eigenvalue weighted by atomic mass is 35.5. The summed E-state index contributed by atoms with van der Waals surface area (Å²) in [4.78, 5) is 10.1. The van der Waals surface area contributed by atoms with E-state index in [-0.39, 0.29) is 6.01 Å². The van der Waals surface area contributed by atoms with Gasteiger partial charge in [0.2, 0.25) is 0 Å². The van der Waals surface area contributed by atoms with Gasteiger partial charge in [0.1, 0.15) is 5.52 Å². The lowest BCUT2D eigenvalue weighted by Crippen LogP contribution is -1.75. The second-order valence-corrected chi connectivity index (χ2v) is 2.41. The van der Waals surface area contributed by atoms with Crippen molar-refractivity contribution in [2.75, 3.05) is 0 Å². The molecule has 0 saturated heterocycles. The summed E-state index contributed by atoms with van der Waals surface area (Å²) in [5, 5.41) is 9.24. The number of nitrogens with zero attached hydrogens (tertiary/aromatic N) is 2. The summed E-state index contributed by atoms with van der Waals surface area (Å²) in [5.74, 6) is 0. The molecule has 0 spiro atoms. The number of hydrogen-bond donors (Lipinski definition) is 2. The zero-order valence-corrected chi connectivity index (χ0v) is 6.13. The molecule has 2 aromatic heterocycles. The lowest BCUT2D eigenvalue weighted by Gasteiger charge is -1.87. The van der Waals surface area contributed by atoms with Gasteiger partial charge in [-0.05, 0) is 6.07 Å². The van der Waals surface area contributed by atoms with Crippen molar-refractivity contribution < 1.29 is 5.11 Å². The third-order valence-corrected chi connectivity index (χ3v) is 1.63. The molecule has 5 heteroatoms. The van der Waals surface area contributed by atoms with Gasteiger partial charge in [-0.25, -0.2) is 4.98 Å². The van der Waals surface area contributed by atoms with Gasteiger partial charge in [-0.1, -0.05) is 11.6 Å². The minimum Gasteiger partial charge on any atom is -0.480 e. The first-order chi connectivity index (χ1) is 5.27. The standard InChI is InChI=1S/C6H4ClN3O/c7-5-4-3(1-2-8-5)9-6(11)10-4/h1-2H,(H2,9,10,11). The molecule has 11 heavy (non-hydrogen) atoms. The predicted octanol–water partition coefficient (Wildman–Crippen LogP) is 1.32. The summed E-state index contributed by atoms with van der Waals surface area (Å²) in [6, 6.07) is 1.52. The monoisotopic (exact) mass is 169 g/mol. The molecule has 0 fully saturated rings. The lowest BCUT2D eigenvalue weighted by molar-refractivity contribution is 0.438. The molecule has 0 radical (unpaired) electrons. The van der Waals surface area contributed by atoms with E-state index in [0.717, 1.165) is 0 Å². The molecule has 2 aromatic rings. The van der Waals surface area contributed by atoms with E-state index in [0.29, 0.717) is 16.2 Å². The van der Waals surface area contributed by atoms with Crippen LogP contribution in [-0.2, 0) is 0 Å². The summed E-state index contributed by atoms with van der Waals surface area (Å²) < 4.78 is 0. The van der Waals surface area contributed by atoms with E-state index in [2.05, 4.69) is 15.0 Å². The van der Waals surface area contributed by atoms with Crippen LogP contribution in [0.25, 0.3) is 11.0 Å². The number of nitrogens with one attached hydrogen (secondary N) is 1. The van der Waals surface area contributed by atoms with Crippen molar-refractivity contribution in [3.05, 3.63) is 17.4 Å². The van der Waals surface area contributed by atoms with Crippen LogP contribution < -0.4 is 0 Å². The maximum atomic E-state index is 8.93. The van der Waals surface area contributed by atoms with Crippen molar-refractivity contribution in [2.45, 2.75) is 0 Å². The first-order valence-corrected chi connectivity index (χ1v) is 3.34. The van der Waals surface area contributed by atoms with E-state index < -0.39 is 0 Å². The molecule has 0 saturated carbocycles. The highest BCUT2D eigenvalue weighted by Gasteiger charge is 2.03. The smallest absolute Gasteiger partial charge is 0.292 e. The minimum absolute atomic E-state index is 0.144. The fourth-order valence-corrected chi connectivity index (χ4v) is 1.09. The molecule has 0 bridgehead atoms. The van der Waals surface area contributed by atoms with E-state index in [9.17, 15) is 0 Å². The van der Waals surface area contributed by atoms with Crippen LogP contribution in [0.3, 0.4) is 0 Å². The van der Waals surface area contributed by atoms with Crippen molar-refractivity contribution in [2.24, 2.45) is 0 Å². The number of imidazole rings is 1. The number of halogens is 1. The number of fused-ring (bicyclic) bond motifs is 1. The van der Waals surface area contributed by atoms with Gasteiger partial charge in [-0.3, -0.25) is 0 Å². The van der Waals surface area contributed by atoms with Crippen molar-refractivity contribution in [3.63, 3.8) is 0 Å². The molecular formula is C6H4ClN3O. The van der Waals surface area contributed by atoms with Crippen molar-refractivity contribution in [3.8, 4) is 6.01 Å². The summed E-state index contributed by atoms with van der Waals surface area (Å²) in [6.07, 6.45) is 1.53. The molecule has 2 N–H and O–H groups in total. The van der Waals surface area contributed by atoms with Gasteiger partial charge in [0, 0.05) is 6.20 Å². The van der Waals surface area contributed by atoms with Gasteiger partial charge < -0.3 is 10.1 Å². The minimum atomic E-state index is -0.144. The maximum Gasteiger partial charge on any atom is 0.292 e. The number of aromatic amines is 1. The van der Waals surface area contributed by atoms with E-state index in [1.54, 1.807) is 6.07 Å².